The predicted molar refractivity (Wildman–Crippen MR) is 240 cm³/mol. The number of hydrogen-bond acceptors (Lipinski definition) is 9. The van der Waals surface area contributed by atoms with Gasteiger partial charge in [-0.3, -0.25) is 14.2 Å². The largest absolute Gasteiger partial charge is 0.756 e. The number of esters is 2. The SMILES string of the molecule is CC/C=C\C/C=C\C/C=C\C/C=C\C/C=C\CCCCCC(=O)OC[C@H](COP(=O)([O-])OCC[N+](C)(C)C)OC(=O)CCCCCCCC1OC1C/C=C\CCCCC. The number of carbonyl (C=O) groups is 2. The maximum absolute atomic E-state index is 12.7. The van der Waals surface area contributed by atoms with Crippen LogP contribution in [-0.4, -0.2) is 82.2 Å². The summed E-state index contributed by atoms with van der Waals surface area (Å²) in [7, 11) is 1.11. The van der Waals surface area contributed by atoms with Gasteiger partial charge < -0.3 is 32.6 Å². The molecule has 0 N–H and O–H groups in total. The summed E-state index contributed by atoms with van der Waals surface area (Å²) in [6.07, 6.45) is 46.6. The van der Waals surface area contributed by atoms with Crippen molar-refractivity contribution in [1.29, 1.82) is 0 Å². The van der Waals surface area contributed by atoms with Gasteiger partial charge in [0.05, 0.1) is 40.0 Å². The zero-order valence-corrected chi connectivity index (χ0v) is 38.5. The van der Waals surface area contributed by atoms with Gasteiger partial charge in [0.1, 0.15) is 19.8 Å². The van der Waals surface area contributed by atoms with Crippen LogP contribution in [0.2, 0.25) is 0 Å². The summed E-state index contributed by atoms with van der Waals surface area (Å²) in [5, 5.41) is 0. The van der Waals surface area contributed by atoms with E-state index in [2.05, 4.69) is 86.8 Å². The Balaban J connectivity index is 2.31. The molecule has 59 heavy (non-hydrogen) atoms. The highest BCUT2D eigenvalue weighted by Crippen LogP contribution is 2.38. The van der Waals surface area contributed by atoms with E-state index in [1.54, 1.807) is 0 Å². The fourth-order valence-electron chi connectivity index (χ4n) is 5.98. The van der Waals surface area contributed by atoms with Crippen LogP contribution < -0.4 is 4.89 Å². The minimum Gasteiger partial charge on any atom is -0.756 e. The fourth-order valence-corrected chi connectivity index (χ4v) is 6.71. The molecule has 0 saturated carbocycles. The summed E-state index contributed by atoms with van der Waals surface area (Å²) in [6.45, 7) is 4.00. The lowest BCUT2D eigenvalue weighted by atomic mass is 10.1. The molecule has 0 aromatic heterocycles. The fraction of sp³-hybridized carbons (Fsp3) is 0.708. The third kappa shape index (κ3) is 36.9. The summed E-state index contributed by atoms with van der Waals surface area (Å²) in [5.74, 6) is -0.902. The van der Waals surface area contributed by atoms with Crippen LogP contribution in [0.15, 0.2) is 72.9 Å². The average molecular weight is 848 g/mol. The molecule has 1 rings (SSSR count). The molecule has 11 heteroatoms. The van der Waals surface area contributed by atoms with E-state index in [1.165, 1.54) is 19.3 Å². The Hall–Kier alpha value is -2.59. The average Bonchev–Trinajstić information content (AvgIpc) is 3.94. The molecule has 1 heterocycles. The van der Waals surface area contributed by atoms with Gasteiger partial charge in [-0.05, 0) is 83.5 Å². The van der Waals surface area contributed by atoms with Gasteiger partial charge in [-0.2, -0.15) is 0 Å². The first-order chi connectivity index (χ1) is 28.5. The van der Waals surface area contributed by atoms with Gasteiger partial charge in [0.25, 0.3) is 7.82 Å². The summed E-state index contributed by atoms with van der Waals surface area (Å²) in [6, 6.07) is 0. The lowest BCUT2D eigenvalue weighted by molar-refractivity contribution is -0.870. The van der Waals surface area contributed by atoms with E-state index in [1.807, 2.05) is 21.1 Å². The van der Waals surface area contributed by atoms with Gasteiger partial charge in [-0.25, -0.2) is 0 Å². The smallest absolute Gasteiger partial charge is 0.306 e. The summed E-state index contributed by atoms with van der Waals surface area (Å²) in [5.41, 5.74) is 0. The summed E-state index contributed by atoms with van der Waals surface area (Å²) >= 11 is 0. The Kier molecular flexibility index (Phi) is 33.3. The van der Waals surface area contributed by atoms with Crippen molar-refractivity contribution in [3.05, 3.63) is 72.9 Å². The number of epoxide rings is 1. The lowest BCUT2D eigenvalue weighted by Gasteiger charge is -2.28. The number of ether oxygens (including phenoxy) is 3. The Morgan fingerprint density at radius 1 is 0.644 bits per heavy atom. The van der Waals surface area contributed by atoms with Crippen molar-refractivity contribution in [2.45, 2.75) is 173 Å². The number of unbranched alkanes of at least 4 members (excludes halogenated alkanes) is 10. The number of quaternary nitrogens is 1. The molecular formula is C48H82NO9P. The van der Waals surface area contributed by atoms with Crippen molar-refractivity contribution in [2.24, 2.45) is 0 Å². The van der Waals surface area contributed by atoms with E-state index in [0.29, 0.717) is 36.1 Å². The Morgan fingerprint density at radius 3 is 1.81 bits per heavy atom. The first-order valence-corrected chi connectivity index (χ1v) is 24.2. The van der Waals surface area contributed by atoms with Crippen LogP contribution in [-0.2, 0) is 37.4 Å². The highest BCUT2D eigenvalue weighted by Gasteiger charge is 2.36. The Morgan fingerprint density at radius 2 is 1.19 bits per heavy atom. The first kappa shape index (κ1) is 54.4. The van der Waals surface area contributed by atoms with Gasteiger partial charge in [0.2, 0.25) is 0 Å². The Bertz CT molecular complexity index is 1300. The molecule has 3 unspecified atom stereocenters. The summed E-state index contributed by atoms with van der Waals surface area (Å²) < 4.78 is 39.7. The van der Waals surface area contributed by atoms with Crippen LogP contribution >= 0.6 is 7.82 Å². The molecule has 1 fully saturated rings. The highest BCUT2D eigenvalue weighted by atomic mass is 31.2. The molecule has 0 spiro atoms. The minimum atomic E-state index is -4.65. The van der Waals surface area contributed by atoms with E-state index in [4.69, 9.17) is 23.3 Å². The quantitative estimate of drug-likeness (QED) is 0.0148. The monoisotopic (exact) mass is 848 g/mol. The van der Waals surface area contributed by atoms with Crippen LogP contribution in [0.5, 0.6) is 0 Å². The molecule has 0 aromatic rings. The van der Waals surface area contributed by atoms with Crippen molar-refractivity contribution in [2.75, 3.05) is 47.5 Å². The standard InChI is InChI=1S/C48H82NO9P/c1-6-8-10-12-14-15-16-17-18-19-20-21-22-23-24-25-26-30-34-38-47(50)54-42-44(43-56-59(52,53)55-41-40-49(3,4)5)57-48(51)39-35-31-27-29-33-37-46-45(58-46)36-32-28-13-11-9-7-2/h8,10,14-15,17-18,20-21,23-24,28,32,44-46H,6-7,9,11-13,16,19,22,25-27,29-31,33-43H2,1-5H3/b10-8-,15-14-,18-17-,21-20-,24-23-,32-28-/t44-,45?,46?/m1/s1. The molecule has 1 aliphatic heterocycles. The second-order valence-electron chi connectivity index (χ2n) is 16.4. The lowest BCUT2D eigenvalue weighted by Crippen LogP contribution is -2.37. The van der Waals surface area contributed by atoms with E-state index in [0.717, 1.165) is 96.3 Å². The second kappa shape index (κ2) is 36.1. The van der Waals surface area contributed by atoms with Crippen LogP contribution in [0.3, 0.4) is 0 Å². The number of phosphoric ester groups is 1. The molecule has 0 bridgehead atoms. The molecule has 338 valence electrons. The summed E-state index contributed by atoms with van der Waals surface area (Å²) in [4.78, 5) is 37.6. The van der Waals surface area contributed by atoms with Crippen molar-refractivity contribution in [3.63, 3.8) is 0 Å². The molecule has 0 aromatic carbocycles. The number of hydrogen-bond donors (Lipinski definition) is 0. The number of carbonyl (C=O) groups excluding carboxylic acids is 2. The second-order valence-corrected chi connectivity index (χ2v) is 17.8. The number of nitrogens with zero attached hydrogens (tertiary/aromatic N) is 1. The number of rotatable bonds is 39. The number of likely N-dealkylation sites (N-methyl/N-ethyl adjacent to an activating group) is 1. The molecule has 0 aliphatic carbocycles. The van der Waals surface area contributed by atoms with Crippen LogP contribution in [0, 0.1) is 0 Å². The minimum absolute atomic E-state index is 0.0460. The van der Waals surface area contributed by atoms with Gasteiger partial charge in [-0.15, -0.1) is 0 Å². The molecule has 0 amide bonds. The van der Waals surface area contributed by atoms with Crippen LogP contribution in [0.1, 0.15) is 155 Å². The van der Waals surface area contributed by atoms with Crippen LogP contribution in [0.4, 0.5) is 0 Å². The topological polar surface area (TPSA) is 124 Å². The molecule has 0 radical (unpaired) electrons. The van der Waals surface area contributed by atoms with Gasteiger partial charge in [0.15, 0.2) is 6.10 Å². The number of phosphoric acid groups is 1. The normalized spacial score (nSPS) is 17.7. The zero-order chi connectivity index (χ0) is 43.3. The molecule has 10 nitrogen and oxygen atoms in total. The third-order valence-electron chi connectivity index (χ3n) is 9.63. The Labute approximate surface area is 359 Å². The molecule has 1 aliphatic rings. The maximum Gasteiger partial charge on any atom is 0.306 e. The van der Waals surface area contributed by atoms with E-state index >= 15 is 0 Å². The number of allylic oxidation sites excluding steroid dienone is 11. The molecule has 1 saturated heterocycles. The van der Waals surface area contributed by atoms with Crippen molar-refractivity contribution in [3.8, 4) is 0 Å². The first-order valence-electron chi connectivity index (χ1n) is 22.8. The van der Waals surface area contributed by atoms with Crippen LogP contribution in [0.25, 0.3) is 0 Å². The van der Waals surface area contributed by atoms with Gasteiger partial charge in [0, 0.05) is 12.8 Å². The zero-order valence-electron chi connectivity index (χ0n) is 37.6. The van der Waals surface area contributed by atoms with Crippen molar-refractivity contribution >= 4 is 19.8 Å². The highest BCUT2D eigenvalue weighted by molar-refractivity contribution is 7.45. The maximum atomic E-state index is 12.7. The van der Waals surface area contributed by atoms with Crippen molar-refractivity contribution in [1.82, 2.24) is 0 Å². The molecule has 4 atom stereocenters. The third-order valence-corrected chi connectivity index (χ3v) is 10.6. The van der Waals surface area contributed by atoms with E-state index < -0.39 is 32.5 Å². The predicted octanol–water partition coefficient (Wildman–Crippen LogP) is 11.4. The van der Waals surface area contributed by atoms with Gasteiger partial charge in [-0.1, -0.05) is 132 Å². The van der Waals surface area contributed by atoms with Crippen molar-refractivity contribution < 1.29 is 46.8 Å². The van der Waals surface area contributed by atoms with E-state index in [-0.39, 0.29) is 26.1 Å². The van der Waals surface area contributed by atoms with E-state index in [9.17, 15) is 19.0 Å². The van der Waals surface area contributed by atoms with Gasteiger partial charge >= 0.3 is 11.9 Å². The molecular weight excluding hydrogens is 765 g/mol.